The Labute approximate surface area is 177 Å². The minimum Gasteiger partial charge on any atom is -0.395 e. The fourth-order valence-electron chi connectivity index (χ4n) is 4.05. The summed E-state index contributed by atoms with van der Waals surface area (Å²) in [6.45, 7) is 1.56. The molecule has 2 aliphatic heterocycles. The molecule has 1 fully saturated rings. The summed E-state index contributed by atoms with van der Waals surface area (Å²) in [5.74, 6) is 0.217. The van der Waals surface area contributed by atoms with Gasteiger partial charge in [0.25, 0.3) is 5.91 Å². The van der Waals surface area contributed by atoms with E-state index in [1.807, 2.05) is 30.3 Å². The average molecular weight is 427 g/mol. The zero-order valence-electron chi connectivity index (χ0n) is 16.0. The number of amides is 1. The van der Waals surface area contributed by atoms with Crippen molar-refractivity contribution in [2.45, 2.75) is 12.3 Å². The van der Waals surface area contributed by atoms with E-state index in [-0.39, 0.29) is 19.0 Å². The molecule has 3 aromatic rings. The molecule has 10 heteroatoms. The largest absolute Gasteiger partial charge is 0.395 e. The summed E-state index contributed by atoms with van der Waals surface area (Å²) >= 11 is 6.38. The van der Waals surface area contributed by atoms with E-state index in [0.29, 0.717) is 30.5 Å². The number of aliphatic hydroxyl groups excluding tert-OH is 1. The molecule has 0 bridgehead atoms. The Kier molecular flexibility index (Phi) is 4.75. The molecule has 0 radical (unpaired) electrons. The minimum absolute atomic E-state index is 0.0461. The molecular formula is C20H19ClN6O3. The number of fused-ring (bicyclic) bond motifs is 5. The van der Waals surface area contributed by atoms with Crippen LogP contribution in [-0.4, -0.2) is 62.0 Å². The lowest BCUT2D eigenvalue weighted by Gasteiger charge is -2.35. The van der Waals surface area contributed by atoms with Gasteiger partial charge >= 0.3 is 0 Å². The van der Waals surface area contributed by atoms with Crippen LogP contribution in [0.3, 0.4) is 0 Å². The van der Waals surface area contributed by atoms with Gasteiger partial charge in [-0.15, -0.1) is 5.10 Å². The first-order valence-electron chi connectivity index (χ1n) is 9.59. The van der Waals surface area contributed by atoms with Crippen LogP contribution in [0.1, 0.15) is 27.7 Å². The van der Waals surface area contributed by atoms with Crippen molar-refractivity contribution in [3.8, 4) is 5.69 Å². The number of ether oxygens (including phenoxy) is 1. The third kappa shape index (κ3) is 2.90. The molecule has 30 heavy (non-hydrogen) atoms. The van der Waals surface area contributed by atoms with E-state index in [2.05, 4.69) is 25.3 Å². The maximum absolute atomic E-state index is 12.4. The molecule has 0 aliphatic carbocycles. The number of hydrogen-bond donors (Lipinski definition) is 2. The summed E-state index contributed by atoms with van der Waals surface area (Å²) in [4.78, 5) is 23.6. The zero-order valence-corrected chi connectivity index (χ0v) is 16.7. The Hall–Kier alpha value is -2.85. The third-order valence-electron chi connectivity index (χ3n) is 5.29. The summed E-state index contributed by atoms with van der Waals surface area (Å²) < 4.78 is 8.01. The lowest BCUT2D eigenvalue weighted by Crippen LogP contribution is -2.43. The van der Waals surface area contributed by atoms with Gasteiger partial charge in [0.15, 0.2) is 5.72 Å². The van der Waals surface area contributed by atoms with Crippen LogP contribution in [-0.2, 0) is 17.0 Å². The van der Waals surface area contributed by atoms with Crippen LogP contribution in [0.2, 0.25) is 5.02 Å². The number of pyridine rings is 1. The van der Waals surface area contributed by atoms with Gasteiger partial charge < -0.3 is 15.2 Å². The van der Waals surface area contributed by atoms with Gasteiger partial charge in [0, 0.05) is 29.9 Å². The van der Waals surface area contributed by atoms with Crippen LogP contribution in [0.4, 0.5) is 0 Å². The first-order chi connectivity index (χ1) is 14.6. The Morgan fingerprint density at radius 3 is 3.03 bits per heavy atom. The van der Waals surface area contributed by atoms with Gasteiger partial charge in [-0.3, -0.25) is 14.7 Å². The minimum atomic E-state index is -0.927. The predicted octanol–water partition coefficient (Wildman–Crippen LogP) is 1.08. The average Bonchev–Trinajstić information content (AvgIpc) is 3.36. The number of aromatic nitrogens is 4. The van der Waals surface area contributed by atoms with E-state index >= 15 is 0 Å². The Morgan fingerprint density at radius 1 is 1.33 bits per heavy atom. The number of carbonyl (C=O) groups is 1. The Morgan fingerprint density at radius 2 is 2.23 bits per heavy atom. The molecule has 5 rings (SSSR count). The van der Waals surface area contributed by atoms with E-state index in [1.165, 1.54) is 0 Å². The molecule has 1 atom stereocenters. The van der Waals surface area contributed by atoms with Crippen molar-refractivity contribution in [1.29, 1.82) is 0 Å². The summed E-state index contributed by atoms with van der Waals surface area (Å²) in [6, 6.07) is 11.2. The summed E-state index contributed by atoms with van der Waals surface area (Å²) in [6.07, 6.45) is 1.74. The molecule has 2 aromatic heterocycles. The smallest absolute Gasteiger partial charge is 0.291 e. The van der Waals surface area contributed by atoms with Crippen LogP contribution >= 0.6 is 11.6 Å². The maximum atomic E-state index is 12.4. The first-order valence-corrected chi connectivity index (χ1v) is 9.97. The van der Waals surface area contributed by atoms with Gasteiger partial charge in [-0.25, -0.2) is 9.67 Å². The van der Waals surface area contributed by atoms with Gasteiger partial charge in [-0.05, 0) is 30.3 Å². The SMILES string of the molecule is O=C(NCCO)c1nc2n(n1)-c1ccc(Cl)cc1C1(c3ccccn3)OCCN1C2. The highest BCUT2D eigenvalue weighted by Crippen LogP contribution is 2.45. The third-order valence-corrected chi connectivity index (χ3v) is 5.52. The zero-order chi connectivity index (χ0) is 20.7. The topological polar surface area (TPSA) is 105 Å². The van der Waals surface area contributed by atoms with Crippen LogP contribution in [0.5, 0.6) is 0 Å². The molecule has 1 aromatic carbocycles. The van der Waals surface area contributed by atoms with Crippen molar-refractivity contribution in [3.05, 3.63) is 70.5 Å². The standard InChI is InChI=1S/C20H19ClN6O3/c21-13-4-5-15-14(11-13)20(16-3-1-2-6-22-16)26(8-10-30-20)12-17-24-18(25-27(15)17)19(29)23-7-9-28/h1-6,11,28H,7-10,12H2,(H,23,29). The molecule has 0 saturated carbocycles. The molecule has 4 heterocycles. The summed E-state index contributed by atoms with van der Waals surface area (Å²) in [5.41, 5.74) is 1.33. The van der Waals surface area contributed by atoms with E-state index in [1.54, 1.807) is 16.9 Å². The highest BCUT2D eigenvalue weighted by atomic mass is 35.5. The number of rotatable bonds is 4. The van der Waals surface area contributed by atoms with Crippen molar-refractivity contribution >= 4 is 17.5 Å². The number of benzene rings is 1. The monoisotopic (exact) mass is 426 g/mol. The highest BCUT2D eigenvalue weighted by Gasteiger charge is 2.50. The fraction of sp³-hybridized carbons (Fsp3) is 0.300. The van der Waals surface area contributed by atoms with Gasteiger partial charge in [-0.1, -0.05) is 17.7 Å². The van der Waals surface area contributed by atoms with Crippen LogP contribution < -0.4 is 5.32 Å². The van der Waals surface area contributed by atoms with Crippen molar-refractivity contribution < 1.29 is 14.6 Å². The lowest BCUT2D eigenvalue weighted by atomic mass is 9.95. The van der Waals surface area contributed by atoms with Crippen LogP contribution in [0.25, 0.3) is 5.69 Å². The molecule has 9 nitrogen and oxygen atoms in total. The second-order valence-electron chi connectivity index (χ2n) is 7.03. The number of nitrogens with zero attached hydrogens (tertiary/aromatic N) is 5. The Bertz CT molecular complexity index is 1110. The molecule has 2 N–H and O–H groups in total. The van der Waals surface area contributed by atoms with Gasteiger partial charge in [0.2, 0.25) is 5.82 Å². The summed E-state index contributed by atoms with van der Waals surface area (Å²) in [5, 5.41) is 16.6. The van der Waals surface area contributed by atoms with Crippen molar-refractivity contribution in [1.82, 2.24) is 30.0 Å². The molecule has 1 amide bonds. The normalized spacial score (nSPS) is 20.2. The van der Waals surface area contributed by atoms with Crippen molar-refractivity contribution in [3.63, 3.8) is 0 Å². The number of nitrogens with one attached hydrogen (secondary N) is 1. The molecule has 1 saturated heterocycles. The van der Waals surface area contributed by atoms with E-state index in [4.69, 9.17) is 21.4 Å². The number of aliphatic hydroxyl groups is 1. The van der Waals surface area contributed by atoms with Crippen molar-refractivity contribution in [2.75, 3.05) is 26.3 Å². The van der Waals surface area contributed by atoms with E-state index in [9.17, 15) is 4.79 Å². The second kappa shape index (κ2) is 7.44. The van der Waals surface area contributed by atoms with Gasteiger partial charge in [-0.2, -0.15) is 0 Å². The maximum Gasteiger partial charge on any atom is 0.291 e. The fourth-order valence-corrected chi connectivity index (χ4v) is 4.22. The predicted molar refractivity (Wildman–Crippen MR) is 107 cm³/mol. The number of hydrogen-bond acceptors (Lipinski definition) is 7. The first kappa shape index (κ1) is 19.1. The van der Waals surface area contributed by atoms with Gasteiger partial charge in [0.05, 0.1) is 31.1 Å². The lowest BCUT2D eigenvalue weighted by molar-refractivity contribution is -0.0585. The number of halogens is 1. The second-order valence-corrected chi connectivity index (χ2v) is 7.47. The highest BCUT2D eigenvalue weighted by molar-refractivity contribution is 6.30. The Balaban J connectivity index is 1.70. The van der Waals surface area contributed by atoms with Crippen LogP contribution in [0.15, 0.2) is 42.6 Å². The van der Waals surface area contributed by atoms with Gasteiger partial charge in [0.1, 0.15) is 5.82 Å². The molecule has 154 valence electrons. The molecule has 0 spiro atoms. The van der Waals surface area contributed by atoms with E-state index in [0.717, 1.165) is 16.9 Å². The van der Waals surface area contributed by atoms with Crippen molar-refractivity contribution in [2.24, 2.45) is 0 Å². The van der Waals surface area contributed by atoms with E-state index < -0.39 is 11.6 Å². The summed E-state index contributed by atoms with van der Waals surface area (Å²) in [7, 11) is 0. The van der Waals surface area contributed by atoms with Crippen LogP contribution in [0, 0.1) is 0 Å². The molecular weight excluding hydrogens is 408 g/mol. The molecule has 2 aliphatic rings. The molecule has 1 unspecified atom stereocenters. The quantitative estimate of drug-likeness (QED) is 0.643. The number of carbonyl (C=O) groups excluding carboxylic acids is 1.